The maximum Gasteiger partial charge on any atom is 0.246 e. The highest BCUT2D eigenvalue weighted by atomic mass is 16.2. The molecule has 3 aromatic heterocycles. The Labute approximate surface area is 208 Å². The van der Waals surface area contributed by atoms with Gasteiger partial charge in [0, 0.05) is 53.4 Å². The standard InChI is InChI=1S/C28H26N6O2/c1-2-24(36)34-20-10-11-22(34)21(16-20)28-32-25(26-27(29)31-13-14-33(26)28)18-8-6-17(7-9-18)23(35)15-19-5-3-4-12-30-19/h2-9,12-14,20-22H,1,10-11,15-16H2,(H2,29,31)/t20?,21-,22?/m0/s1. The highest BCUT2D eigenvalue weighted by Gasteiger charge is 2.49. The summed E-state index contributed by atoms with van der Waals surface area (Å²) in [5.41, 5.74) is 10.0. The third-order valence-corrected chi connectivity index (χ3v) is 7.46. The average molecular weight is 479 g/mol. The zero-order chi connectivity index (χ0) is 24.8. The SMILES string of the molecule is C=CC(=O)N1C2CCC1[C@@H](c1nc(-c3ccc(C(=O)Cc4ccccn4)cc3)c3c(N)nccn13)C2. The fraction of sp³-hybridized carbons (Fsp3) is 0.250. The van der Waals surface area contributed by atoms with Crippen molar-refractivity contribution >= 4 is 23.0 Å². The van der Waals surface area contributed by atoms with Crippen LogP contribution in [-0.2, 0) is 11.2 Å². The van der Waals surface area contributed by atoms with Crippen molar-refractivity contribution < 1.29 is 9.59 Å². The summed E-state index contributed by atoms with van der Waals surface area (Å²) in [5, 5.41) is 0. The molecule has 2 N–H and O–H groups in total. The molecule has 2 aliphatic rings. The molecule has 0 radical (unpaired) electrons. The molecule has 3 atom stereocenters. The first-order valence-corrected chi connectivity index (χ1v) is 12.2. The Morgan fingerprint density at radius 2 is 1.92 bits per heavy atom. The minimum absolute atomic E-state index is 0.00535. The first-order valence-electron chi connectivity index (χ1n) is 12.2. The van der Waals surface area contributed by atoms with E-state index in [0.29, 0.717) is 11.4 Å². The van der Waals surface area contributed by atoms with E-state index < -0.39 is 0 Å². The van der Waals surface area contributed by atoms with Gasteiger partial charge < -0.3 is 10.6 Å². The molecule has 0 aliphatic carbocycles. The topological polar surface area (TPSA) is 106 Å². The molecule has 2 bridgehead atoms. The Morgan fingerprint density at radius 3 is 2.67 bits per heavy atom. The molecule has 6 rings (SSSR count). The number of nitrogens with zero attached hydrogens (tertiary/aromatic N) is 5. The first kappa shape index (κ1) is 22.2. The molecule has 4 aromatic rings. The van der Waals surface area contributed by atoms with Gasteiger partial charge in [0.2, 0.25) is 5.91 Å². The molecule has 0 spiro atoms. The minimum Gasteiger partial charge on any atom is -0.382 e. The van der Waals surface area contributed by atoms with Crippen LogP contribution in [0.2, 0.25) is 0 Å². The number of carbonyl (C=O) groups excluding carboxylic acids is 2. The van der Waals surface area contributed by atoms with Crippen LogP contribution in [-0.4, -0.2) is 48.0 Å². The van der Waals surface area contributed by atoms with Crippen molar-refractivity contribution in [2.75, 3.05) is 5.73 Å². The summed E-state index contributed by atoms with van der Waals surface area (Å²) in [6.07, 6.45) is 9.73. The molecule has 2 saturated heterocycles. The molecule has 1 amide bonds. The summed E-state index contributed by atoms with van der Waals surface area (Å²) in [7, 11) is 0. The molecule has 36 heavy (non-hydrogen) atoms. The Balaban J connectivity index is 1.35. The number of benzene rings is 1. The second-order valence-electron chi connectivity index (χ2n) is 9.44. The fourth-order valence-electron chi connectivity index (χ4n) is 5.85. The Hall–Kier alpha value is -4.33. The number of rotatable bonds is 6. The van der Waals surface area contributed by atoms with Gasteiger partial charge in [-0.1, -0.05) is 36.9 Å². The maximum absolute atomic E-state index is 12.8. The zero-order valence-electron chi connectivity index (χ0n) is 19.7. The molecule has 0 saturated carbocycles. The van der Waals surface area contributed by atoms with E-state index in [9.17, 15) is 9.59 Å². The Kier molecular flexibility index (Phi) is 5.36. The molecule has 2 fully saturated rings. The number of imidazole rings is 1. The summed E-state index contributed by atoms with van der Waals surface area (Å²) >= 11 is 0. The quantitative estimate of drug-likeness (QED) is 0.333. The number of amides is 1. The number of fused-ring (bicyclic) bond motifs is 3. The van der Waals surface area contributed by atoms with Crippen LogP contribution in [0.5, 0.6) is 0 Å². The van der Waals surface area contributed by atoms with Gasteiger partial charge in [-0.25, -0.2) is 9.97 Å². The van der Waals surface area contributed by atoms with Crippen LogP contribution < -0.4 is 5.73 Å². The van der Waals surface area contributed by atoms with Crippen LogP contribution in [0.25, 0.3) is 16.8 Å². The van der Waals surface area contributed by atoms with Crippen LogP contribution in [0.4, 0.5) is 5.82 Å². The normalized spacial score (nSPS) is 20.7. The number of hydrogen-bond donors (Lipinski definition) is 1. The van der Waals surface area contributed by atoms with Crippen molar-refractivity contribution in [1.29, 1.82) is 0 Å². The molecular weight excluding hydrogens is 452 g/mol. The molecule has 180 valence electrons. The van der Waals surface area contributed by atoms with Crippen molar-refractivity contribution in [3.8, 4) is 11.3 Å². The number of ketones is 1. The number of hydrogen-bond acceptors (Lipinski definition) is 6. The smallest absolute Gasteiger partial charge is 0.246 e. The number of carbonyl (C=O) groups is 2. The van der Waals surface area contributed by atoms with Gasteiger partial charge in [-0.15, -0.1) is 0 Å². The number of nitrogens with two attached hydrogens (primary N) is 1. The minimum atomic E-state index is -0.0155. The third kappa shape index (κ3) is 3.57. The second-order valence-corrected chi connectivity index (χ2v) is 9.44. The maximum atomic E-state index is 12.8. The van der Waals surface area contributed by atoms with Crippen LogP contribution in [0.15, 0.2) is 73.7 Å². The van der Waals surface area contributed by atoms with E-state index in [1.165, 1.54) is 6.08 Å². The van der Waals surface area contributed by atoms with Crippen molar-refractivity contribution in [3.05, 3.63) is 90.8 Å². The second kappa shape index (κ2) is 8.71. The Morgan fingerprint density at radius 1 is 1.08 bits per heavy atom. The van der Waals surface area contributed by atoms with E-state index in [4.69, 9.17) is 10.7 Å². The third-order valence-electron chi connectivity index (χ3n) is 7.46. The molecule has 8 heteroatoms. The number of nitrogen functional groups attached to an aromatic ring is 1. The van der Waals surface area contributed by atoms with E-state index in [-0.39, 0.29) is 36.1 Å². The number of Topliss-reactive ketones (excluding diaryl/α,β-unsaturated/α-hetero) is 1. The van der Waals surface area contributed by atoms with E-state index in [1.54, 1.807) is 12.4 Å². The van der Waals surface area contributed by atoms with Gasteiger partial charge in [0.05, 0.1) is 6.42 Å². The molecule has 2 unspecified atom stereocenters. The van der Waals surface area contributed by atoms with Gasteiger partial charge in [-0.3, -0.25) is 19.0 Å². The van der Waals surface area contributed by atoms with E-state index in [2.05, 4.69) is 16.5 Å². The first-order chi connectivity index (χ1) is 17.5. The van der Waals surface area contributed by atoms with Crippen LogP contribution in [0.3, 0.4) is 0 Å². The van der Waals surface area contributed by atoms with Crippen molar-refractivity contribution in [3.63, 3.8) is 0 Å². The fourth-order valence-corrected chi connectivity index (χ4v) is 5.85. The van der Waals surface area contributed by atoms with Gasteiger partial charge in [0.25, 0.3) is 0 Å². The summed E-state index contributed by atoms with van der Waals surface area (Å²) in [6, 6.07) is 13.3. The highest BCUT2D eigenvalue weighted by Crippen LogP contribution is 2.47. The lowest BCUT2D eigenvalue weighted by Gasteiger charge is -2.22. The molecule has 8 nitrogen and oxygen atoms in total. The molecule has 2 aliphatic heterocycles. The van der Waals surface area contributed by atoms with Gasteiger partial charge in [-0.2, -0.15) is 0 Å². The monoisotopic (exact) mass is 478 g/mol. The highest BCUT2D eigenvalue weighted by molar-refractivity contribution is 5.98. The largest absolute Gasteiger partial charge is 0.382 e. The number of aromatic nitrogens is 4. The van der Waals surface area contributed by atoms with Crippen molar-refractivity contribution in [2.24, 2.45) is 0 Å². The molecular formula is C28H26N6O2. The van der Waals surface area contributed by atoms with Crippen LogP contribution in [0.1, 0.15) is 47.1 Å². The van der Waals surface area contributed by atoms with Gasteiger partial charge >= 0.3 is 0 Å². The van der Waals surface area contributed by atoms with E-state index in [1.807, 2.05) is 58.0 Å². The van der Waals surface area contributed by atoms with E-state index >= 15 is 0 Å². The molecule has 1 aromatic carbocycles. The van der Waals surface area contributed by atoms with E-state index in [0.717, 1.165) is 47.6 Å². The number of pyridine rings is 1. The van der Waals surface area contributed by atoms with Crippen molar-refractivity contribution in [1.82, 2.24) is 24.3 Å². The van der Waals surface area contributed by atoms with Gasteiger partial charge in [0.15, 0.2) is 5.78 Å². The lowest BCUT2D eigenvalue weighted by atomic mass is 9.88. The molecule has 5 heterocycles. The van der Waals surface area contributed by atoms with Crippen LogP contribution >= 0.6 is 0 Å². The summed E-state index contributed by atoms with van der Waals surface area (Å²) < 4.78 is 2.01. The zero-order valence-corrected chi connectivity index (χ0v) is 19.7. The number of anilines is 1. The van der Waals surface area contributed by atoms with Gasteiger partial charge in [-0.05, 0) is 37.5 Å². The lowest BCUT2D eigenvalue weighted by Crippen LogP contribution is -2.35. The predicted molar refractivity (Wildman–Crippen MR) is 136 cm³/mol. The van der Waals surface area contributed by atoms with Gasteiger partial charge in [0.1, 0.15) is 22.9 Å². The Bertz CT molecular complexity index is 1480. The average Bonchev–Trinajstić information content (AvgIpc) is 3.60. The lowest BCUT2D eigenvalue weighted by molar-refractivity contribution is -0.127. The summed E-state index contributed by atoms with van der Waals surface area (Å²) in [4.78, 5) is 40.9. The summed E-state index contributed by atoms with van der Waals surface area (Å²) in [5.74, 6) is 1.38. The summed E-state index contributed by atoms with van der Waals surface area (Å²) in [6.45, 7) is 3.68. The van der Waals surface area contributed by atoms with Crippen LogP contribution in [0, 0.1) is 0 Å². The van der Waals surface area contributed by atoms with Crippen molar-refractivity contribution in [2.45, 2.75) is 43.7 Å². The predicted octanol–water partition coefficient (Wildman–Crippen LogP) is 3.83.